The van der Waals surface area contributed by atoms with Crippen molar-refractivity contribution in [2.75, 3.05) is 11.1 Å². The second kappa shape index (κ2) is 7.29. The van der Waals surface area contributed by atoms with E-state index in [0.717, 1.165) is 20.8 Å². The molecule has 154 valence electrons. The maximum atomic E-state index is 12.9. The highest BCUT2D eigenvalue weighted by Gasteiger charge is 2.35. The zero-order valence-corrected chi connectivity index (χ0v) is 16.9. The van der Waals surface area contributed by atoms with Crippen LogP contribution in [0.1, 0.15) is 15.4 Å². The summed E-state index contributed by atoms with van der Waals surface area (Å²) < 4.78 is 40.6. The van der Waals surface area contributed by atoms with Crippen molar-refractivity contribution in [1.29, 1.82) is 0 Å². The Labute approximate surface area is 177 Å². The number of nitrogens with zero attached hydrogens (tertiary/aromatic N) is 3. The van der Waals surface area contributed by atoms with Crippen molar-refractivity contribution in [3.8, 4) is 11.3 Å². The third-order valence-corrected chi connectivity index (χ3v) is 6.03. The molecule has 0 aliphatic rings. The van der Waals surface area contributed by atoms with Crippen LogP contribution in [0.2, 0.25) is 5.02 Å². The van der Waals surface area contributed by atoms with Gasteiger partial charge in [0.2, 0.25) is 0 Å². The number of aromatic nitrogens is 3. The van der Waals surface area contributed by atoms with Crippen LogP contribution < -0.4 is 11.1 Å². The zero-order chi connectivity index (χ0) is 21.6. The first-order valence-corrected chi connectivity index (χ1v) is 9.71. The number of carbonyl (C=O) groups excluding carboxylic acids is 1. The average Bonchev–Trinajstić information content (AvgIpc) is 3.23. The largest absolute Gasteiger partial charge is 0.435 e. The van der Waals surface area contributed by atoms with Gasteiger partial charge in [-0.15, -0.1) is 11.3 Å². The number of amides is 1. The van der Waals surface area contributed by atoms with Gasteiger partial charge in [0.15, 0.2) is 5.69 Å². The fourth-order valence-corrected chi connectivity index (χ4v) is 4.36. The number of nitrogens with two attached hydrogens (primary N) is 1. The van der Waals surface area contributed by atoms with E-state index in [1.54, 1.807) is 0 Å². The number of anilines is 2. The predicted molar refractivity (Wildman–Crippen MR) is 111 cm³/mol. The van der Waals surface area contributed by atoms with Gasteiger partial charge in [-0.3, -0.25) is 9.48 Å². The molecule has 0 aliphatic carbocycles. The highest BCUT2D eigenvalue weighted by Crippen LogP contribution is 2.36. The number of halogens is 4. The fraction of sp³-hybridized carbons (Fsp3) is 0.105. The van der Waals surface area contributed by atoms with E-state index >= 15 is 0 Å². The molecule has 6 nitrogen and oxygen atoms in total. The van der Waals surface area contributed by atoms with E-state index in [0.29, 0.717) is 9.90 Å². The summed E-state index contributed by atoms with van der Waals surface area (Å²) in [6.45, 7) is 0. The number of hydrogen-bond acceptors (Lipinski definition) is 5. The molecule has 30 heavy (non-hydrogen) atoms. The number of nitrogen functional groups attached to an aromatic ring is 1. The number of alkyl halides is 3. The molecule has 0 radical (unpaired) electrons. The van der Waals surface area contributed by atoms with Gasteiger partial charge in [0.25, 0.3) is 5.91 Å². The van der Waals surface area contributed by atoms with Crippen LogP contribution in [0.25, 0.3) is 21.3 Å². The van der Waals surface area contributed by atoms with Gasteiger partial charge in [-0.1, -0.05) is 29.8 Å². The SMILES string of the molecule is Cn1nc(C(F)(F)F)cc1-c1ccc(NC(=O)c2sc3ccccc3c2Cl)nc1N. The minimum atomic E-state index is -4.57. The van der Waals surface area contributed by atoms with Crippen molar-refractivity contribution >= 4 is 50.6 Å². The van der Waals surface area contributed by atoms with E-state index in [-0.39, 0.29) is 22.9 Å². The molecular weight excluding hydrogens is 439 g/mol. The summed E-state index contributed by atoms with van der Waals surface area (Å²) in [6, 6.07) is 11.2. The molecule has 11 heteroatoms. The highest BCUT2D eigenvalue weighted by molar-refractivity contribution is 7.21. The predicted octanol–water partition coefficient (Wildman–Crippen LogP) is 5.20. The van der Waals surface area contributed by atoms with E-state index in [1.807, 2.05) is 24.3 Å². The minimum absolute atomic E-state index is 0.0491. The smallest absolute Gasteiger partial charge is 0.383 e. The van der Waals surface area contributed by atoms with Crippen molar-refractivity contribution < 1.29 is 18.0 Å². The summed E-state index contributed by atoms with van der Waals surface area (Å²) in [6.07, 6.45) is -4.57. The second-order valence-corrected chi connectivity index (χ2v) is 7.79. The van der Waals surface area contributed by atoms with Gasteiger partial charge in [0.1, 0.15) is 16.5 Å². The van der Waals surface area contributed by atoms with Gasteiger partial charge in [0, 0.05) is 22.7 Å². The first kappa shape index (κ1) is 20.2. The molecule has 0 atom stereocenters. The molecule has 0 spiro atoms. The normalized spacial score (nSPS) is 11.8. The summed E-state index contributed by atoms with van der Waals surface area (Å²) in [5.41, 5.74) is 5.32. The fourth-order valence-electron chi connectivity index (χ4n) is 2.95. The molecule has 0 saturated heterocycles. The Morgan fingerprint density at radius 3 is 2.60 bits per heavy atom. The van der Waals surface area contributed by atoms with Crippen LogP contribution in [0.5, 0.6) is 0 Å². The maximum Gasteiger partial charge on any atom is 0.435 e. The van der Waals surface area contributed by atoms with Crippen LogP contribution in [0.15, 0.2) is 42.5 Å². The lowest BCUT2D eigenvalue weighted by atomic mass is 10.1. The summed E-state index contributed by atoms with van der Waals surface area (Å²) in [7, 11) is 1.38. The van der Waals surface area contributed by atoms with Crippen molar-refractivity contribution in [3.63, 3.8) is 0 Å². The number of benzene rings is 1. The van der Waals surface area contributed by atoms with Crippen LogP contribution >= 0.6 is 22.9 Å². The van der Waals surface area contributed by atoms with E-state index in [9.17, 15) is 18.0 Å². The summed E-state index contributed by atoms with van der Waals surface area (Å²) in [5.74, 6) is -0.360. The lowest BCUT2D eigenvalue weighted by molar-refractivity contribution is -0.141. The van der Waals surface area contributed by atoms with Gasteiger partial charge in [-0.2, -0.15) is 18.3 Å². The summed E-state index contributed by atoms with van der Waals surface area (Å²) in [4.78, 5) is 17.1. The molecule has 3 N–H and O–H groups in total. The van der Waals surface area contributed by atoms with Gasteiger partial charge >= 0.3 is 6.18 Å². The molecule has 0 unspecified atom stereocenters. The maximum absolute atomic E-state index is 12.9. The Morgan fingerprint density at radius 1 is 1.23 bits per heavy atom. The highest BCUT2D eigenvalue weighted by atomic mass is 35.5. The van der Waals surface area contributed by atoms with Crippen molar-refractivity contribution in [3.05, 3.63) is 58.1 Å². The first-order valence-electron chi connectivity index (χ1n) is 8.51. The van der Waals surface area contributed by atoms with E-state index in [2.05, 4.69) is 15.4 Å². The van der Waals surface area contributed by atoms with Crippen LogP contribution in [0.4, 0.5) is 24.8 Å². The van der Waals surface area contributed by atoms with Crippen molar-refractivity contribution in [1.82, 2.24) is 14.8 Å². The molecule has 1 aromatic carbocycles. The number of rotatable bonds is 3. The molecule has 3 heterocycles. The number of thiophene rings is 1. The Bertz CT molecular complexity index is 1280. The van der Waals surface area contributed by atoms with E-state index < -0.39 is 17.8 Å². The second-order valence-electron chi connectivity index (χ2n) is 6.36. The number of carbonyl (C=O) groups is 1. The van der Waals surface area contributed by atoms with Crippen LogP contribution in [0, 0.1) is 0 Å². The quantitative estimate of drug-likeness (QED) is 0.448. The summed E-state index contributed by atoms with van der Waals surface area (Å²) in [5, 5.41) is 7.19. The Kier molecular flexibility index (Phi) is 4.91. The monoisotopic (exact) mass is 451 g/mol. The topological polar surface area (TPSA) is 85.8 Å². The molecule has 0 aliphatic heterocycles. The van der Waals surface area contributed by atoms with Crippen LogP contribution in [-0.4, -0.2) is 20.7 Å². The molecule has 4 aromatic rings. The molecule has 4 rings (SSSR count). The molecule has 0 bridgehead atoms. The van der Waals surface area contributed by atoms with Crippen LogP contribution in [-0.2, 0) is 13.2 Å². The van der Waals surface area contributed by atoms with Crippen molar-refractivity contribution in [2.24, 2.45) is 7.05 Å². The van der Waals surface area contributed by atoms with E-state index in [4.69, 9.17) is 17.3 Å². The lowest BCUT2D eigenvalue weighted by Gasteiger charge is -2.08. The van der Waals surface area contributed by atoms with Gasteiger partial charge in [-0.25, -0.2) is 4.98 Å². The van der Waals surface area contributed by atoms with Gasteiger partial charge in [-0.05, 0) is 24.3 Å². The Balaban J connectivity index is 1.61. The van der Waals surface area contributed by atoms with Gasteiger partial charge < -0.3 is 11.1 Å². The Hall–Kier alpha value is -3.11. The zero-order valence-electron chi connectivity index (χ0n) is 15.3. The molecule has 1 amide bonds. The Morgan fingerprint density at radius 2 is 1.97 bits per heavy atom. The number of aryl methyl sites for hydroxylation is 1. The summed E-state index contributed by atoms with van der Waals surface area (Å²) >= 11 is 7.56. The number of nitrogens with one attached hydrogen (secondary N) is 1. The van der Waals surface area contributed by atoms with Crippen molar-refractivity contribution in [2.45, 2.75) is 6.18 Å². The molecule has 3 aromatic heterocycles. The number of fused-ring (bicyclic) bond motifs is 1. The molecule has 0 fully saturated rings. The van der Waals surface area contributed by atoms with Crippen LogP contribution in [0.3, 0.4) is 0 Å². The average molecular weight is 452 g/mol. The van der Waals surface area contributed by atoms with Gasteiger partial charge in [0.05, 0.1) is 10.7 Å². The standard InChI is InChI=1S/C19H13ClF3N5OS/c1-28-11(8-13(27-28)19(21,22)23)9-6-7-14(25-17(9)24)26-18(29)16-15(20)10-4-2-3-5-12(10)30-16/h2-8H,1H3,(H3,24,25,26,29). The first-order chi connectivity index (χ1) is 14.1. The van der Waals surface area contributed by atoms with E-state index in [1.165, 1.54) is 30.5 Å². The number of pyridine rings is 1. The number of hydrogen-bond donors (Lipinski definition) is 2. The minimum Gasteiger partial charge on any atom is -0.383 e. The third kappa shape index (κ3) is 3.59. The lowest BCUT2D eigenvalue weighted by Crippen LogP contribution is -2.12. The third-order valence-electron chi connectivity index (χ3n) is 4.35. The molecular formula is C19H13ClF3N5OS. The molecule has 0 saturated carbocycles.